The highest BCUT2D eigenvalue weighted by Gasteiger charge is 2.15. The Hall–Kier alpha value is -3.12. The minimum absolute atomic E-state index is 0.477. The van der Waals surface area contributed by atoms with E-state index >= 15 is 0 Å². The molecule has 0 fully saturated rings. The topological polar surface area (TPSA) is 84.6 Å². The van der Waals surface area contributed by atoms with Crippen LogP contribution in [-0.4, -0.2) is 28.7 Å². The van der Waals surface area contributed by atoms with Gasteiger partial charge in [-0.1, -0.05) is 43.2 Å². The van der Waals surface area contributed by atoms with Crippen molar-refractivity contribution in [2.24, 2.45) is 0 Å². The average Bonchev–Trinajstić information content (AvgIpc) is 3.12. The number of carbonyl (C=O) groups is 1. The third kappa shape index (κ3) is 6.43. The van der Waals surface area contributed by atoms with Gasteiger partial charge in [0, 0.05) is 18.5 Å². The fourth-order valence-electron chi connectivity index (χ4n) is 3.33. The van der Waals surface area contributed by atoms with E-state index in [0.717, 1.165) is 34.8 Å². The van der Waals surface area contributed by atoms with Crippen LogP contribution in [0.25, 0.3) is 11.5 Å². The van der Waals surface area contributed by atoms with Crippen LogP contribution in [0.2, 0.25) is 0 Å². The highest BCUT2D eigenvalue weighted by Crippen LogP contribution is 2.23. The lowest BCUT2D eigenvalue weighted by atomic mass is 10.1. The molecule has 0 radical (unpaired) electrons. The second-order valence-electron chi connectivity index (χ2n) is 7.69. The van der Waals surface area contributed by atoms with Gasteiger partial charge in [0.1, 0.15) is 17.6 Å². The molecule has 0 saturated carbocycles. The maximum absolute atomic E-state index is 11.3. The minimum Gasteiger partial charge on any atom is -0.493 e. The van der Waals surface area contributed by atoms with Gasteiger partial charge in [0.25, 0.3) is 0 Å². The van der Waals surface area contributed by atoms with Gasteiger partial charge in [-0.3, -0.25) is 4.79 Å². The second-order valence-corrected chi connectivity index (χ2v) is 7.69. The molecule has 1 atom stereocenters. The van der Waals surface area contributed by atoms with E-state index in [1.54, 1.807) is 0 Å². The van der Waals surface area contributed by atoms with Crippen molar-refractivity contribution >= 4 is 5.97 Å². The Bertz CT molecular complexity index is 995. The van der Waals surface area contributed by atoms with Crippen molar-refractivity contribution in [3.63, 3.8) is 0 Å². The maximum Gasteiger partial charge on any atom is 0.320 e. The SMILES string of the molecule is CCC[C@@H](NCc1cccc(OCCc2nc(-c3ccc(C)cc3)oc2C)c1)C(=O)O. The van der Waals surface area contributed by atoms with E-state index in [1.165, 1.54) is 5.56 Å². The van der Waals surface area contributed by atoms with Crippen LogP contribution in [0.1, 0.15) is 42.3 Å². The van der Waals surface area contributed by atoms with Crippen molar-refractivity contribution in [3.8, 4) is 17.2 Å². The van der Waals surface area contributed by atoms with Crippen LogP contribution < -0.4 is 10.1 Å². The first-order valence-electron chi connectivity index (χ1n) is 10.7. The first-order chi connectivity index (χ1) is 15.0. The number of carboxylic acids is 1. The van der Waals surface area contributed by atoms with Gasteiger partial charge in [-0.25, -0.2) is 4.98 Å². The van der Waals surface area contributed by atoms with Crippen molar-refractivity contribution < 1.29 is 19.1 Å². The Morgan fingerprint density at radius 2 is 1.97 bits per heavy atom. The number of hydrogen-bond donors (Lipinski definition) is 2. The minimum atomic E-state index is -0.817. The summed E-state index contributed by atoms with van der Waals surface area (Å²) in [6, 6.07) is 15.3. The molecule has 6 nitrogen and oxygen atoms in total. The molecular formula is C25H30N2O4. The van der Waals surface area contributed by atoms with E-state index in [2.05, 4.69) is 10.3 Å². The predicted octanol–water partition coefficient (Wildman–Crippen LogP) is 4.92. The Balaban J connectivity index is 1.54. The molecule has 2 aromatic carbocycles. The van der Waals surface area contributed by atoms with Crippen molar-refractivity contribution in [2.45, 2.75) is 52.6 Å². The van der Waals surface area contributed by atoms with Crippen molar-refractivity contribution in [1.82, 2.24) is 10.3 Å². The molecule has 0 aliphatic carbocycles. The highest BCUT2D eigenvalue weighted by molar-refractivity contribution is 5.73. The van der Waals surface area contributed by atoms with Crippen molar-refractivity contribution in [3.05, 3.63) is 71.1 Å². The first kappa shape index (κ1) is 22.6. The third-order valence-corrected chi connectivity index (χ3v) is 5.13. The molecular weight excluding hydrogens is 392 g/mol. The lowest BCUT2D eigenvalue weighted by Crippen LogP contribution is -2.35. The zero-order valence-electron chi connectivity index (χ0n) is 18.4. The summed E-state index contributed by atoms with van der Waals surface area (Å²) in [4.78, 5) is 15.9. The van der Waals surface area contributed by atoms with Crippen molar-refractivity contribution in [2.75, 3.05) is 6.61 Å². The molecule has 3 aromatic rings. The molecule has 6 heteroatoms. The number of aliphatic carboxylic acids is 1. The summed E-state index contributed by atoms with van der Waals surface area (Å²) in [7, 11) is 0. The molecule has 0 aliphatic rings. The monoisotopic (exact) mass is 422 g/mol. The third-order valence-electron chi connectivity index (χ3n) is 5.13. The summed E-state index contributed by atoms with van der Waals surface area (Å²) in [5.74, 6) is 1.36. The number of rotatable bonds is 11. The summed E-state index contributed by atoms with van der Waals surface area (Å²) >= 11 is 0. The molecule has 0 saturated heterocycles. The van der Waals surface area contributed by atoms with E-state index in [4.69, 9.17) is 9.15 Å². The summed E-state index contributed by atoms with van der Waals surface area (Å²) in [6.07, 6.45) is 2.06. The smallest absolute Gasteiger partial charge is 0.320 e. The lowest BCUT2D eigenvalue weighted by Gasteiger charge is -2.14. The van der Waals surface area contributed by atoms with Crippen LogP contribution in [0.3, 0.4) is 0 Å². The number of nitrogens with one attached hydrogen (secondary N) is 1. The molecule has 164 valence electrons. The summed E-state index contributed by atoms with van der Waals surface area (Å²) < 4.78 is 11.7. The Labute approximate surface area is 183 Å². The highest BCUT2D eigenvalue weighted by atomic mass is 16.5. The summed E-state index contributed by atoms with van der Waals surface area (Å²) in [5.41, 5.74) is 4.03. The van der Waals surface area contributed by atoms with Gasteiger partial charge in [0.05, 0.1) is 12.3 Å². The number of benzene rings is 2. The number of ether oxygens (including phenoxy) is 1. The van der Waals surface area contributed by atoms with E-state index in [0.29, 0.717) is 31.9 Å². The first-order valence-corrected chi connectivity index (χ1v) is 10.7. The number of carboxylic acid groups (broad SMARTS) is 1. The Morgan fingerprint density at radius 1 is 1.19 bits per heavy atom. The fourth-order valence-corrected chi connectivity index (χ4v) is 3.33. The maximum atomic E-state index is 11.3. The number of aryl methyl sites for hydroxylation is 2. The van der Waals surface area contributed by atoms with Crippen LogP contribution in [0.5, 0.6) is 5.75 Å². The van der Waals surface area contributed by atoms with E-state index in [-0.39, 0.29) is 0 Å². The van der Waals surface area contributed by atoms with Gasteiger partial charge < -0.3 is 19.6 Å². The quantitative estimate of drug-likeness (QED) is 0.456. The molecule has 0 bridgehead atoms. The van der Waals surface area contributed by atoms with Crippen LogP contribution in [-0.2, 0) is 17.8 Å². The van der Waals surface area contributed by atoms with Gasteiger partial charge in [-0.2, -0.15) is 0 Å². The van der Waals surface area contributed by atoms with E-state index in [9.17, 15) is 9.90 Å². The molecule has 1 heterocycles. The van der Waals surface area contributed by atoms with Gasteiger partial charge in [-0.05, 0) is 50.1 Å². The van der Waals surface area contributed by atoms with Gasteiger partial charge in [0.15, 0.2) is 0 Å². The number of nitrogens with zero attached hydrogens (tertiary/aromatic N) is 1. The molecule has 31 heavy (non-hydrogen) atoms. The molecule has 2 N–H and O–H groups in total. The van der Waals surface area contributed by atoms with Gasteiger partial charge in [-0.15, -0.1) is 0 Å². The normalized spacial score (nSPS) is 12.0. The average molecular weight is 423 g/mol. The largest absolute Gasteiger partial charge is 0.493 e. The van der Waals surface area contributed by atoms with Crippen LogP contribution in [0, 0.1) is 13.8 Å². The zero-order valence-corrected chi connectivity index (χ0v) is 18.4. The summed E-state index contributed by atoms with van der Waals surface area (Å²) in [5, 5.41) is 12.4. The van der Waals surface area contributed by atoms with Crippen LogP contribution in [0.4, 0.5) is 0 Å². The van der Waals surface area contributed by atoms with E-state index < -0.39 is 12.0 Å². The predicted molar refractivity (Wildman–Crippen MR) is 120 cm³/mol. The molecule has 0 amide bonds. The lowest BCUT2D eigenvalue weighted by molar-refractivity contribution is -0.139. The van der Waals surface area contributed by atoms with Gasteiger partial charge >= 0.3 is 5.97 Å². The second kappa shape index (κ2) is 10.8. The van der Waals surface area contributed by atoms with Crippen molar-refractivity contribution in [1.29, 1.82) is 0 Å². The Kier molecular flexibility index (Phi) is 7.84. The molecule has 1 aromatic heterocycles. The molecule has 0 spiro atoms. The van der Waals surface area contributed by atoms with E-state index in [1.807, 2.05) is 69.3 Å². The van der Waals surface area contributed by atoms with Crippen LogP contribution in [0.15, 0.2) is 52.9 Å². The number of aromatic nitrogens is 1. The molecule has 0 unspecified atom stereocenters. The number of oxazole rings is 1. The molecule has 3 rings (SSSR count). The Morgan fingerprint density at radius 3 is 2.68 bits per heavy atom. The standard InChI is InChI=1S/C25H30N2O4/c1-4-6-23(25(28)29)26-16-19-7-5-8-21(15-19)30-14-13-22-18(3)31-24(27-22)20-11-9-17(2)10-12-20/h5,7-12,15,23,26H,4,6,13-14,16H2,1-3H3,(H,28,29)/t23-/m1/s1. The fraction of sp³-hybridized carbons (Fsp3) is 0.360. The summed E-state index contributed by atoms with van der Waals surface area (Å²) in [6.45, 7) is 6.91. The zero-order chi connectivity index (χ0) is 22.2. The van der Waals surface area contributed by atoms with Gasteiger partial charge in [0.2, 0.25) is 5.89 Å². The van der Waals surface area contributed by atoms with Crippen LogP contribution >= 0.6 is 0 Å². The molecule has 0 aliphatic heterocycles. The number of hydrogen-bond acceptors (Lipinski definition) is 5.